The SMILES string of the molecule is CC1=NNC(=O)C1CCC(=O)N/N=C/c1cccc(OCc2ccccc2)c1. The molecule has 1 heterocycles. The number of rotatable bonds is 8. The number of hydrogen-bond donors (Lipinski definition) is 2. The smallest absolute Gasteiger partial charge is 0.248 e. The van der Waals surface area contributed by atoms with E-state index in [4.69, 9.17) is 4.74 Å². The van der Waals surface area contributed by atoms with Gasteiger partial charge in [0.1, 0.15) is 12.4 Å². The largest absolute Gasteiger partial charge is 0.489 e. The van der Waals surface area contributed by atoms with Gasteiger partial charge in [0.15, 0.2) is 0 Å². The maximum absolute atomic E-state index is 11.9. The normalized spacial score (nSPS) is 16.0. The molecular weight excluding hydrogens is 356 g/mol. The molecule has 144 valence electrons. The molecule has 2 N–H and O–H groups in total. The molecule has 0 bridgehead atoms. The monoisotopic (exact) mass is 378 g/mol. The van der Waals surface area contributed by atoms with E-state index in [0.29, 0.717) is 18.7 Å². The van der Waals surface area contributed by atoms with E-state index in [0.717, 1.165) is 16.9 Å². The van der Waals surface area contributed by atoms with E-state index < -0.39 is 0 Å². The fourth-order valence-corrected chi connectivity index (χ4v) is 2.76. The van der Waals surface area contributed by atoms with Crippen molar-refractivity contribution in [2.24, 2.45) is 16.1 Å². The van der Waals surface area contributed by atoms with E-state index in [-0.39, 0.29) is 24.2 Å². The van der Waals surface area contributed by atoms with E-state index in [9.17, 15) is 9.59 Å². The molecule has 1 unspecified atom stereocenters. The van der Waals surface area contributed by atoms with Gasteiger partial charge in [-0.1, -0.05) is 42.5 Å². The number of carbonyl (C=O) groups is 2. The Kier molecular flexibility index (Phi) is 6.51. The molecule has 2 amide bonds. The van der Waals surface area contributed by atoms with Crippen LogP contribution in [0.2, 0.25) is 0 Å². The molecule has 0 spiro atoms. The van der Waals surface area contributed by atoms with Crippen molar-refractivity contribution in [1.29, 1.82) is 0 Å². The van der Waals surface area contributed by atoms with E-state index in [1.807, 2.05) is 54.6 Å². The Bertz CT molecular complexity index is 894. The topological polar surface area (TPSA) is 92.2 Å². The number of carbonyl (C=O) groups excluding carboxylic acids is 2. The Morgan fingerprint density at radius 3 is 2.82 bits per heavy atom. The molecule has 1 atom stereocenters. The fraction of sp³-hybridized carbons (Fsp3) is 0.238. The van der Waals surface area contributed by atoms with Crippen LogP contribution in [0.5, 0.6) is 5.75 Å². The number of ether oxygens (including phenoxy) is 1. The highest BCUT2D eigenvalue weighted by atomic mass is 16.5. The van der Waals surface area contributed by atoms with Crippen molar-refractivity contribution in [2.45, 2.75) is 26.4 Å². The maximum Gasteiger partial charge on any atom is 0.248 e. The lowest BCUT2D eigenvalue weighted by Gasteiger charge is -2.07. The lowest BCUT2D eigenvalue weighted by molar-refractivity contribution is -0.123. The van der Waals surface area contributed by atoms with Gasteiger partial charge in [-0.05, 0) is 36.6 Å². The fourth-order valence-electron chi connectivity index (χ4n) is 2.76. The highest BCUT2D eigenvalue weighted by Gasteiger charge is 2.26. The van der Waals surface area contributed by atoms with E-state index >= 15 is 0 Å². The Morgan fingerprint density at radius 2 is 2.07 bits per heavy atom. The van der Waals surface area contributed by atoms with Crippen molar-refractivity contribution in [1.82, 2.24) is 10.9 Å². The molecule has 0 aromatic heterocycles. The first-order valence-electron chi connectivity index (χ1n) is 9.04. The molecule has 0 radical (unpaired) electrons. The quantitative estimate of drug-likeness (QED) is 0.546. The van der Waals surface area contributed by atoms with Crippen LogP contribution in [0.1, 0.15) is 30.9 Å². The number of hydrazone groups is 2. The van der Waals surface area contributed by atoms with Gasteiger partial charge in [-0.15, -0.1) is 0 Å². The molecule has 0 saturated carbocycles. The van der Waals surface area contributed by atoms with E-state index in [1.54, 1.807) is 13.1 Å². The first kappa shape index (κ1) is 19.3. The van der Waals surface area contributed by atoms with Gasteiger partial charge in [-0.25, -0.2) is 10.9 Å². The summed E-state index contributed by atoms with van der Waals surface area (Å²) in [5, 5.41) is 7.84. The molecule has 2 aromatic carbocycles. The van der Waals surface area contributed by atoms with Crippen molar-refractivity contribution in [2.75, 3.05) is 0 Å². The zero-order valence-corrected chi connectivity index (χ0v) is 15.6. The van der Waals surface area contributed by atoms with Gasteiger partial charge >= 0.3 is 0 Å². The molecule has 1 aliphatic rings. The van der Waals surface area contributed by atoms with Crippen LogP contribution >= 0.6 is 0 Å². The first-order chi connectivity index (χ1) is 13.6. The lowest BCUT2D eigenvalue weighted by atomic mass is 9.99. The molecule has 7 heteroatoms. The summed E-state index contributed by atoms with van der Waals surface area (Å²) in [5.74, 6) is -0.0318. The Labute approximate surface area is 163 Å². The number of nitrogens with zero attached hydrogens (tertiary/aromatic N) is 2. The summed E-state index contributed by atoms with van der Waals surface area (Å²) in [6, 6.07) is 17.4. The molecular formula is C21H22N4O3. The Balaban J connectivity index is 1.45. The third-order valence-electron chi connectivity index (χ3n) is 4.33. The highest BCUT2D eigenvalue weighted by Crippen LogP contribution is 2.15. The average molecular weight is 378 g/mol. The number of amides is 2. The van der Waals surface area contributed by atoms with Crippen molar-refractivity contribution in [3.05, 3.63) is 65.7 Å². The van der Waals surface area contributed by atoms with Crippen LogP contribution in [0, 0.1) is 5.92 Å². The summed E-state index contributed by atoms with van der Waals surface area (Å²) >= 11 is 0. The van der Waals surface area contributed by atoms with Crippen LogP contribution in [0.15, 0.2) is 64.8 Å². The zero-order valence-electron chi connectivity index (χ0n) is 15.6. The Morgan fingerprint density at radius 1 is 1.25 bits per heavy atom. The molecule has 2 aromatic rings. The molecule has 28 heavy (non-hydrogen) atoms. The van der Waals surface area contributed by atoms with Gasteiger partial charge in [-0.2, -0.15) is 10.2 Å². The minimum atomic E-state index is -0.340. The average Bonchev–Trinajstić information content (AvgIpc) is 3.03. The number of benzene rings is 2. The highest BCUT2D eigenvalue weighted by molar-refractivity contribution is 6.07. The van der Waals surface area contributed by atoms with Gasteiger partial charge in [0, 0.05) is 12.1 Å². The van der Waals surface area contributed by atoms with Crippen molar-refractivity contribution in [3.63, 3.8) is 0 Å². The summed E-state index contributed by atoms with van der Waals surface area (Å²) in [6.07, 6.45) is 2.16. The zero-order chi connectivity index (χ0) is 19.8. The van der Waals surface area contributed by atoms with Crippen LogP contribution in [-0.2, 0) is 16.2 Å². The lowest BCUT2D eigenvalue weighted by Crippen LogP contribution is -2.25. The van der Waals surface area contributed by atoms with Crippen molar-refractivity contribution >= 4 is 23.7 Å². The predicted molar refractivity (Wildman–Crippen MR) is 107 cm³/mol. The Hall–Kier alpha value is -3.48. The summed E-state index contributed by atoms with van der Waals surface area (Å²) in [5.41, 5.74) is 7.49. The third-order valence-corrected chi connectivity index (χ3v) is 4.33. The summed E-state index contributed by atoms with van der Waals surface area (Å²) in [6.45, 7) is 2.25. The number of nitrogens with one attached hydrogen (secondary N) is 2. The van der Waals surface area contributed by atoms with Gasteiger partial charge in [-0.3, -0.25) is 9.59 Å². The van der Waals surface area contributed by atoms with Gasteiger partial charge in [0.25, 0.3) is 0 Å². The summed E-state index contributed by atoms with van der Waals surface area (Å²) < 4.78 is 5.78. The van der Waals surface area contributed by atoms with Gasteiger partial charge in [0.2, 0.25) is 11.8 Å². The molecule has 1 aliphatic heterocycles. The van der Waals surface area contributed by atoms with Crippen LogP contribution in [-0.4, -0.2) is 23.7 Å². The standard InChI is InChI=1S/C21H22N4O3/c1-15-19(21(27)25-23-15)10-11-20(26)24-22-13-17-8-5-9-18(12-17)28-14-16-6-3-2-4-7-16/h2-9,12-13,19H,10-11,14H2,1H3,(H,24,26)(H,25,27)/b22-13+. The van der Waals surface area contributed by atoms with Crippen LogP contribution in [0.3, 0.4) is 0 Å². The molecule has 7 nitrogen and oxygen atoms in total. The van der Waals surface area contributed by atoms with Gasteiger partial charge in [0.05, 0.1) is 12.1 Å². The summed E-state index contributed by atoms with van der Waals surface area (Å²) in [7, 11) is 0. The number of hydrogen-bond acceptors (Lipinski definition) is 5. The second kappa shape index (κ2) is 9.45. The maximum atomic E-state index is 11.9. The second-order valence-corrected chi connectivity index (χ2v) is 6.46. The molecule has 3 rings (SSSR count). The van der Waals surface area contributed by atoms with Crippen LogP contribution < -0.4 is 15.6 Å². The van der Waals surface area contributed by atoms with Crippen LogP contribution in [0.4, 0.5) is 0 Å². The molecule has 0 fully saturated rings. The predicted octanol–water partition coefficient (Wildman–Crippen LogP) is 2.62. The van der Waals surface area contributed by atoms with Crippen LogP contribution in [0.25, 0.3) is 0 Å². The minimum Gasteiger partial charge on any atom is -0.489 e. The van der Waals surface area contributed by atoms with Gasteiger partial charge < -0.3 is 4.74 Å². The van der Waals surface area contributed by atoms with E-state index in [2.05, 4.69) is 21.1 Å². The van der Waals surface area contributed by atoms with E-state index in [1.165, 1.54) is 0 Å². The first-order valence-corrected chi connectivity index (χ1v) is 9.04. The third kappa shape index (κ3) is 5.51. The van der Waals surface area contributed by atoms with Crippen molar-refractivity contribution in [3.8, 4) is 5.75 Å². The van der Waals surface area contributed by atoms with Crippen molar-refractivity contribution < 1.29 is 14.3 Å². The molecule has 0 saturated heterocycles. The molecule has 0 aliphatic carbocycles. The summed E-state index contributed by atoms with van der Waals surface area (Å²) in [4.78, 5) is 23.5. The minimum absolute atomic E-state index is 0.166. The second-order valence-electron chi connectivity index (χ2n) is 6.46.